The minimum atomic E-state index is -0.885. The number of primary amides is 1. The molecular weight excluding hydrogens is 530 g/mol. The van der Waals surface area contributed by atoms with Crippen LogP contribution in [0.4, 0.5) is 15.9 Å². The van der Waals surface area contributed by atoms with Crippen molar-refractivity contribution >= 4 is 45.9 Å². The van der Waals surface area contributed by atoms with E-state index in [9.17, 15) is 18.8 Å². The largest absolute Gasteiger partial charge is 0.456 e. The second-order valence-electron chi connectivity index (χ2n) is 6.85. The second kappa shape index (κ2) is 9.39. The topological polar surface area (TPSA) is 115 Å². The molecule has 0 atom stereocenters. The minimum absolute atomic E-state index is 0.0276. The van der Waals surface area contributed by atoms with Gasteiger partial charge in [-0.1, -0.05) is 6.07 Å². The van der Waals surface area contributed by atoms with Crippen molar-refractivity contribution in [3.05, 3.63) is 78.9 Å². The highest BCUT2D eigenvalue weighted by Gasteiger charge is 2.22. The average molecular weight is 550 g/mol. The predicted molar refractivity (Wildman–Crippen MR) is 127 cm³/mol. The Morgan fingerprint density at radius 2 is 1.88 bits per heavy atom. The van der Waals surface area contributed by atoms with Gasteiger partial charge in [-0.2, -0.15) is 0 Å². The van der Waals surface area contributed by atoms with E-state index in [4.69, 9.17) is 10.5 Å². The highest BCUT2D eigenvalue weighted by Crippen LogP contribution is 2.33. The Balaban J connectivity index is 2.15. The summed E-state index contributed by atoms with van der Waals surface area (Å²) in [4.78, 5) is 37.0. The van der Waals surface area contributed by atoms with Gasteiger partial charge in [0.2, 0.25) is 0 Å². The van der Waals surface area contributed by atoms with Gasteiger partial charge in [-0.3, -0.25) is 19.0 Å². The summed E-state index contributed by atoms with van der Waals surface area (Å²) in [6.07, 6.45) is 0. The molecule has 8 nitrogen and oxygen atoms in total. The minimum Gasteiger partial charge on any atom is -0.456 e. The number of pyridine rings is 1. The molecule has 0 saturated carbocycles. The van der Waals surface area contributed by atoms with Crippen molar-refractivity contribution in [1.29, 1.82) is 0 Å². The van der Waals surface area contributed by atoms with E-state index in [-0.39, 0.29) is 34.5 Å². The maximum atomic E-state index is 14.4. The van der Waals surface area contributed by atoms with Crippen LogP contribution in [-0.4, -0.2) is 23.4 Å². The number of aromatic nitrogens is 1. The molecular formula is C22H20FIN4O4. The van der Waals surface area contributed by atoms with Crippen molar-refractivity contribution in [3.63, 3.8) is 0 Å². The van der Waals surface area contributed by atoms with Crippen LogP contribution in [0.25, 0.3) is 0 Å². The molecule has 3 rings (SSSR count). The van der Waals surface area contributed by atoms with Gasteiger partial charge in [-0.15, -0.1) is 0 Å². The third-order valence-electron chi connectivity index (χ3n) is 4.81. The van der Waals surface area contributed by atoms with Gasteiger partial charge < -0.3 is 21.1 Å². The molecule has 0 spiro atoms. The molecule has 0 aliphatic rings. The summed E-state index contributed by atoms with van der Waals surface area (Å²) in [5.41, 5.74) is 5.87. The van der Waals surface area contributed by atoms with Crippen molar-refractivity contribution in [2.75, 3.05) is 12.4 Å². The van der Waals surface area contributed by atoms with E-state index in [1.807, 2.05) is 22.6 Å². The summed E-state index contributed by atoms with van der Waals surface area (Å²) in [6, 6.07) is 10.4. The maximum absolute atomic E-state index is 14.4. The van der Waals surface area contributed by atoms with Crippen molar-refractivity contribution < 1.29 is 18.7 Å². The first-order chi connectivity index (χ1) is 15.1. The zero-order chi connectivity index (χ0) is 23.6. The third-order valence-corrected chi connectivity index (χ3v) is 5.48. The van der Waals surface area contributed by atoms with E-state index in [2.05, 4.69) is 10.6 Å². The lowest BCUT2D eigenvalue weighted by Crippen LogP contribution is -2.25. The summed E-state index contributed by atoms with van der Waals surface area (Å²) < 4.78 is 22.1. The Morgan fingerprint density at radius 1 is 1.16 bits per heavy atom. The zero-order valence-electron chi connectivity index (χ0n) is 17.5. The fourth-order valence-corrected chi connectivity index (χ4v) is 3.54. The molecule has 0 radical (unpaired) electrons. The molecule has 1 heterocycles. The second-order valence-corrected chi connectivity index (χ2v) is 8.10. The summed E-state index contributed by atoms with van der Waals surface area (Å²) in [7, 11) is 2.92. The number of nitrogens with one attached hydrogen (secondary N) is 2. The summed E-state index contributed by atoms with van der Waals surface area (Å²) in [5.74, 6) is -1.66. The average Bonchev–Trinajstić information content (AvgIpc) is 2.74. The number of hydrogen-bond donors (Lipinski definition) is 3. The first-order valence-electron chi connectivity index (χ1n) is 9.39. The molecule has 2 aromatic carbocycles. The normalized spacial score (nSPS) is 10.5. The van der Waals surface area contributed by atoms with Crippen LogP contribution in [0.1, 0.15) is 26.3 Å². The molecule has 0 saturated heterocycles. The highest BCUT2D eigenvalue weighted by molar-refractivity contribution is 14.1. The van der Waals surface area contributed by atoms with Crippen LogP contribution in [0.2, 0.25) is 0 Å². The number of ether oxygens (including phenoxy) is 1. The van der Waals surface area contributed by atoms with Gasteiger partial charge in [0.05, 0.1) is 5.69 Å². The molecule has 4 N–H and O–H groups in total. The number of anilines is 2. The third kappa shape index (κ3) is 4.59. The monoisotopic (exact) mass is 550 g/mol. The van der Waals surface area contributed by atoms with Crippen LogP contribution >= 0.6 is 22.6 Å². The summed E-state index contributed by atoms with van der Waals surface area (Å²) in [5, 5.41) is 5.31. The molecule has 1 aromatic heterocycles. The van der Waals surface area contributed by atoms with Crippen LogP contribution in [0, 0.1) is 16.3 Å². The van der Waals surface area contributed by atoms with Gasteiger partial charge in [0, 0.05) is 34.9 Å². The number of nitrogens with zero attached hydrogens (tertiary/aromatic N) is 1. The lowest BCUT2D eigenvalue weighted by Gasteiger charge is -2.19. The van der Waals surface area contributed by atoms with Gasteiger partial charge in [0.15, 0.2) is 0 Å². The van der Waals surface area contributed by atoms with E-state index in [0.29, 0.717) is 14.7 Å². The van der Waals surface area contributed by atoms with Crippen LogP contribution < -0.4 is 26.7 Å². The highest BCUT2D eigenvalue weighted by atomic mass is 127. The predicted octanol–water partition coefficient (Wildman–Crippen LogP) is 3.43. The van der Waals surface area contributed by atoms with E-state index < -0.39 is 17.3 Å². The number of carbonyl (C=O) groups excluding carboxylic acids is 2. The number of hydrogen-bond acceptors (Lipinski definition) is 5. The smallest absolute Gasteiger partial charge is 0.256 e. The van der Waals surface area contributed by atoms with E-state index >= 15 is 0 Å². The molecule has 3 aromatic rings. The lowest BCUT2D eigenvalue weighted by molar-refractivity contribution is 0.0959. The first kappa shape index (κ1) is 23.3. The van der Waals surface area contributed by atoms with Gasteiger partial charge in [-0.25, -0.2) is 4.39 Å². The van der Waals surface area contributed by atoms with E-state index in [1.54, 1.807) is 31.2 Å². The summed E-state index contributed by atoms with van der Waals surface area (Å²) >= 11 is 1.97. The molecule has 0 bridgehead atoms. The Labute approximate surface area is 196 Å². The van der Waals surface area contributed by atoms with E-state index in [0.717, 1.165) is 10.6 Å². The molecule has 10 heteroatoms. The Kier molecular flexibility index (Phi) is 6.82. The Hall–Kier alpha value is -3.41. The molecule has 2 amide bonds. The number of benzene rings is 2. The standard InChI is InChI=1S/C22H20FIN4O4/c1-11-13(22(31)26-2)5-4-6-16(11)32-17-10-18(29)28(3)21(19(17)20(25)30)27-15-8-7-12(24)9-14(15)23/h4-10,27H,1-3H3,(H2,25,30)(H,26,31). The lowest BCUT2D eigenvalue weighted by atomic mass is 10.1. The number of rotatable bonds is 6. The molecule has 166 valence electrons. The summed E-state index contributed by atoms with van der Waals surface area (Å²) in [6.45, 7) is 1.67. The van der Waals surface area contributed by atoms with Crippen molar-refractivity contribution in [2.24, 2.45) is 12.8 Å². The SMILES string of the molecule is CNC(=O)c1cccc(Oc2cc(=O)n(C)c(Nc3ccc(I)cc3F)c2C(N)=O)c1C. The molecule has 0 aliphatic heterocycles. The quantitative estimate of drug-likeness (QED) is 0.407. The van der Waals surface area contributed by atoms with Gasteiger partial charge in [0.25, 0.3) is 17.4 Å². The number of amides is 2. The fraction of sp³-hybridized carbons (Fsp3) is 0.136. The molecule has 0 fully saturated rings. The number of halogens is 2. The van der Waals surface area contributed by atoms with Gasteiger partial charge in [-0.05, 0) is 59.8 Å². The molecule has 0 unspecified atom stereocenters. The Morgan fingerprint density at radius 3 is 2.50 bits per heavy atom. The van der Waals surface area contributed by atoms with Crippen LogP contribution in [0.3, 0.4) is 0 Å². The first-order valence-corrected chi connectivity index (χ1v) is 10.5. The Bertz CT molecular complexity index is 1290. The number of nitrogens with two attached hydrogens (primary N) is 1. The zero-order valence-corrected chi connectivity index (χ0v) is 19.6. The van der Waals surface area contributed by atoms with Crippen molar-refractivity contribution in [3.8, 4) is 11.5 Å². The fourth-order valence-electron chi connectivity index (χ4n) is 3.08. The van der Waals surface area contributed by atoms with Crippen LogP contribution in [-0.2, 0) is 7.05 Å². The van der Waals surface area contributed by atoms with Crippen molar-refractivity contribution in [1.82, 2.24) is 9.88 Å². The number of carbonyl (C=O) groups is 2. The van der Waals surface area contributed by atoms with Gasteiger partial charge >= 0.3 is 0 Å². The van der Waals surface area contributed by atoms with Crippen LogP contribution in [0.15, 0.2) is 47.3 Å². The van der Waals surface area contributed by atoms with E-state index in [1.165, 1.54) is 26.2 Å². The molecule has 32 heavy (non-hydrogen) atoms. The van der Waals surface area contributed by atoms with Crippen molar-refractivity contribution in [2.45, 2.75) is 6.92 Å². The van der Waals surface area contributed by atoms with Gasteiger partial charge in [0.1, 0.15) is 28.7 Å². The van der Waals surface area contributed by atoms with Crippen LogP contribution in [0.5, 0.6) is 11.5 Å². The maximum Gasteiger partial charge on any atom is 0.256 e. The molecule has 0 aliphatic carbocycles.